The van der Waals surface area contributed by atoms with Crippen molar-refractivity contribution in [1.29, 1.82) is 0 Å². The minimum absolute atomic E-state index is 0.230. The van der Waals surface area contributed by atoms with E-state index in [-0.39, 0.29) is 6.61 Å². The molecule has 3 unspecified atom stereocenters. The van der Waals surface area contributed by atoms with E-state index in [1.165, 1.54) is 25.7 Å². The molecule has 0 aromatic heterocycles. The highest BCUT2D eigenvalue weighted by molar-refractivity contribution is 5.35. The summed E-state index contributed by atoms with van der Waals surface area (Å²) in [4.78, 5) is 0. The molecule has 1 N–H and O–H groups in total. The molecular formula is C12H16O. The third kappa shape index (κ3) is 1.03. The minimum atomic E-state index is 0.230. The smallest absolute Gasteiger partial charge is 0.0678 e. The lowest BCUT2D eigenvalue weighted by Gasteiger charge is -2.27. The van der Waals surface area contributed by atoms with E-state index in [0.29, 0.717) is 0 Å². The molecular weight excluding hydrogens is 160 g/mol. The van der Waals surface area contributed by atoms with Crippen molar-refractivity contribution in [3.63, 3.8) is 0 Å². The Morgan fingerprint density at radius 1 is 1.38 bits per heavy atom. The Kier molecular flexibility index (Phi) is 1.63. The quantitative estimate of drug-likeness (QED) is 0.650. The van der Waals surface area contributed by atoms with E-state index in [4.69, 9.17) is 5.11 Å². The van der Waals surface area contributed by atoms with Crippen molar-refractivity contribution in [2.45, 2.75) is 25.7 Å². The van der Waals surface area contributed by atoms with E-state index in [2.05, 4.69) is 12.2 Å². The van der Waals surface area contributed by atoms with Gasteiger partial charge in [0.1, 0.15) is 0 Å². The summed E-state index contributed by atoms with van der Waals surface area (Å²) < 4.78 is 0. The van der Waals surface area contributed by atoms with E-state index >= 15 is 0 Å². The summed E-state index contributed by atoms with van der Waals surface area (Å²) in [5.41, 5.74) is 2.82. The molecule has 13 heavy (non-hydrogen) atoms. The highest BCUT2D eigenvalue weighted by Crippen LogP contribution is 2.54. The van der Waals surface area contributed by atoms with Crippen molar-refractivity contribution in [3.8, 4) is 0 Å². The van der Waals surface area contributed by atoms with Crippen LogP contribution in [0.1, 0.15) is 25.7 Å². The van der Waals surface area contributed by atoms with Gasteiger partial charge in [-0.05, 0) is 49.0 Å². The lowest BCUT2D eigenvalue weighted by molar-refractivity contribution is 0.330. The second-order valence-electron chi connectivity index (χ2n) is 4.69. The predicted molar refractivity (Wildman–Crippen MR) is 52.2 cm³/mol. The van der Waals surface area contributed by atoms with Gasteiger partial charge in [-0.2, -0.15) is 0 Å². The summed E-state index contributed by atoms with van der Waals surface area (Å²) in [5, 5.41) is 9.07. The molecule has 0 aliphatic heterocycles. The van der Waals surface area contributed by atoms with Crippen LogP contribution >= 0.6 is 0 Å². The fraction of sp³-hybridized carbons (Fsp3) is 0.667. The normalized spacial score (nSPS) is 41.5. The van der Waals surface area contributed by atoms with Gasteiger partial charge in [0, 0.05) is 0 Å². The van der Waals surface area contributed by atoms with Crippen LogP contribution in [-0.4, -0.2) is 11.7 Å². The van der Waals surface area contributed by atoms with Gasteiger partial charge in [-0.1, -0.05) is 17.7 Å². The predicted octanol–water partition coefficient (Wildman–Crippen LogP) is 2.28. The van der Waals surface area contributed by atoms with Gasteiger partial charge in [0.2, 0.25) is 0 Å². The van der Waals surface area contributed by atoms with Crippen molar-refractivity contribution in [2.75, 3.05) is 6.61 Å². The van der Waals surface area contributed by atoms with Crippen LogP contribution in [0, 0.1) is 17.8 Å². The Bertz CT molecular complexity index is 287. The number of hydrogen-bond donors (Lipinski definition) is 1. The SMILES string of the molecule is OCC1=CCC2C(=C1)C1CCC2C1. The summed E-state index contributed by atoms with van der Waals surface area (Å²) in [6.07, 6.45) is 10.00. The molecule has 0 spiro atoms. The Balaban J connectivity index is 1.93. The zero-order chi connectivity index (χ0) is 8.84. The van der Waals surface area contributed by atoms with Crippen molar-refractivity contribution >= 4 is 0 Å². The van der Waals surface area contributed by atoms with E-state index in [9.17, 15) is 0 Å². The van der Waals surface area contributed by atoms with Gasteiger partial charge in [0.25, 0.3) is 0 Å². The van der Waals surface area contributed by atoms with Gasteiger partial charge < -0.3 is 5.11 Å². The number of hydrogen-bond acceptors (Lipinski definition) is 1. The Morgan fingerprint density at radius 3 is 3.15 bits per heavy atom. The summed E-state index contributed by atoms with van der Waals surface area (Å²) in [7, 11) is 0. The van der Waals surface area contributed by atoms with Gasteiger partial charge in [-0.25, -0.2) is 0 Å². The molecule has 0 radical (unpaired) electrons. The lowest BCUT2D eigenvalue weighted by Crippen LogP contribution is -2.16. The minimum Gasteiger partial charge on any atom is -0.392 e. The van der Waals surface area contributed by atoms with Crippen molar-refractivity contribution in [1.82, 2.24) is 0 Å². The topological polar surface area (TPSA) is 20.2 Å². The Labute approximate surface area is 79.2 Å². The standard InChI is InChI=1S/C12H16O/c13-7-8-1-4-11-9-2-3-10(6-9)12(11)5-8/h1,5,9-11,13H,2-4,6-7H2. The van der Waals surface area contributed by atoms with Crippen LogP contribution in [-0.2, 0) is 0 Å². The molecule has 70 valence electrons. The number of rotatable bonds is 1. The monoisotopic (exact) mass is 176 g/mol. The molecule has 2 saturated carbocycles. The second-order valence-corrected chi connectivity index (χ2v) is 4.69. The molecule has 1 nitrogen and oxygen atoms in total. The zero-order valence-electron chi connectivity index (χ0n) is 7.87. The third-order valence-electron chi connectivity index (χ3n) is 4.11. The number of allylic oxidation sites excluding steroid dienone is 2. The van der Waals surface area contributed by atoms with Crippen LogP contribution in [0.4, 0.5) is 0 Å². The average Bonchev–Trinajstić information content (AvgIpc) is 2.77. The maximum Gasteiger partial charge on any atom is 0.0678 e. The maximum absolute atomic E-state index is 9.07. The van der Waals surface area contributed by atoms with Gasteiger partial charge >= 0.3 is 0 Å². The summed E-state index contributed by atoms with van der Waals surface area (Å²) in [6, 6.07) is 0. The Hall–Kier alpha value is -0.560. The molecule has 0 saturated heterocycles. The zero-order valence-corrected chi connectivity index (χ0v) is 7.87. The average molecular weight is 176 g/mol. The lowest BCUT2D eigenvalue weighted by atomic mass is 9.78. The molecule has 3 atom stereocenters. The van der Waals surface area contributed by atoms with E-state index < -0.39 is 0 Å². The molecule has 0 aromatic carbocycles. The van der Waals surface area contributed by atoms with Crippen LogP contribution in [0.15, 0.2) is 23.3 Å². The molecule has 2 fully saturated rings. The summed E-state index contributed by atoms with van der Waals surface area (Å²) in [6.45, 7) is 0.230. The van der Waals surface area contributed by atoms with Crippen LogP contribution in [0.25, 0.3) is 0 Å². The van der Waals surface area contributed by atoms with Crippen LogP contribution in [0.5, 0.6) is 0 Å². The van der Waals surface area contributed by atoms with Crippen molar-refractivity contribution < 1.29 is 5.11 Å². The highest BCUT2D eigenvalue weighted by atomic mass is 16.3. The number of fused-ring (bicyclic) bond motifs is 5. The molecule has 0 aromatic rings. The maximum atomic E-state index is 9.07. The van der Waals surface area contributed by atoms with Crippen molar-refractivity contribution in [3.05, 3.63) is 23.3 Å². The summed E-state index contributed by atoms with van der Waals surface area (Å²) >= 11 is 0. The molecule has 2 bridgehead atoms. The van der Waals surface area contributed by atoms with Crippen molar-refractivity contribution in [2.24, 2.45) is 17.8 Å². The first-order chi connectivity index (χ1) is 6.38. The number of aliphatic hydroxyl groups excluding tert-OH is 1. The van der Waals surface area contributed by atoms with E-state index in [1.807, 2.05) is 0 Å². The second kappa shape index (κ2) is 2.71. The van der Waals surface area contributed by atoms with E-state index in [1.54, 1.807) is 5.57 Å². The van der Waals surface area contributed by atoms with E-state index in [0.717, 1.165) is 23.3 Å². The molecule has 3 aliphatic rings. The highest BCUT2D eigenvalue weighted by Gasteiger charge is 2.43. The third-order valence-corrected chi connectivity index (χ3v) is 4.11. The fourth-order valence-corrected chi connectivity index (χ4v) is 3.47. The van der Waals surface area contributed by atoms with Crippen LogP contribution < -0.4 is 0 Å². The molecule has 1 heteroatoms. The van der Waals surface area contributed by atoms with Gasteiger partial charge in [-0.15, -0.1) is 0 Å². The van der Waals surface area contributed by atoms with Crippen LogP contribution in [0.3, 0.4) is 0 Å². The van der Waals surface area contributed by atoms with Crippen LogP contribution in [0.2, 0.25) is 0 Å². The van der Waals surface area contributed by atoms with Gasteiger partial charge in [0.05, 0.1) is 6.61 Å². The van der Waals surface area contributed by atoms with Gasteiger partial charge in [0.15, 0.2) is 0 Å². The largest absolute Gasteiger partial charge is 0.392 e. The first kappa shape index (κ1) is 7.81. The number of aliphatic hydroxyl groups is 1. The van der Waals surface area contributed by atoms with Gasteiger partial charge in [-0.3, -0.25) is 0 Å². The molecule has 3 aliphatic carbocycles. The first-order valence-electron chi connectivity index (χ1n) is 5.40. The first-order valence-corrected chi connectivity index (χ1v) is 5.40. The Morgan fingerprint density at radius 2 is 2.31 bits per heavy atom. The molecule has 3 rings (SSSR count). The molecule has 0 amide bonds. The molecule has 0 heterocycles. The summed E-state index contributed by atoms with van der Waals surface area (Å²) in [5.74, 6) is 2.71. The fourth-order valence-electron chi connectivity index (χ4n) is 3.47.